The fourth-order valence-corrected chi connectivity index (χ4v) is 6.29. The van der Waals surface area contributed by atoms with E-state index in [1.807, 2.05) is 16.8 Å². The fourth-order valence-electron chi connectivity index (χ4n) is 5.31. The van der Waals surface area contributed by atoms with Gasteiger partial charge in [-0.05, 0) is 52.2 Å². The monoisotopic (exact) mass is 562 g/mol. The van der Waals surface area contributed by atoms with Gasteiger partial charge in [0.05, 0.1) is 34.7 Å². The number of thiazole rings is 1. The lowest BCUT2D eigenvalue weighted by molar-refractivity contribution is -0.146. The Hall–Kier alpha value is -3.97. The third-order valence-electron chi connectivity index (χ3n) is 7.67. The number of fused-ring (bicyclic) bond motifs is 2. The number of ether oxygens (including phenoxy) is 1. The topological polar surface area (TPSA) is 171 Å². The first-order chi connectivity index (χ1) is 19.1. The number of aromatic nitrogens is 6. The van der Waals surface area contributed by atoms with Crippen LogP contribution in [0.15, 0.2) is 23.7 Å². The van der Waals surface area contributed by atoms with Crippen LogP contribution in [0.5, 0.6) is 0 Å². The zero-order valence-corrected chi connectivity index (χ0v) is 23.3. The second kappa shape index (κ2) is 9.59. The summed E-state index contributed by atoms with van der Waals surface area (Å²) in [5.74, 6) is -0.514. The van der Waals surface area contributed by atoms with Crippen molar-refractivity contribution in [2.45, 2.75) is 64.5 Å². The van der Waals surface area contributed by atoms with Gasteiger partial charge in [-0.15, -0.1) is 11.3 Å². The van der Waals surface area contributed by atoms with Gasteiger partial charge in [-0.2, -0.15) is 5.10 Å². The molecule has 12 nitrogen and oxygen atoms in total. The molecule has 2 atom stereocenters. The van der Waals surface area contributed by atoms with Crippen molar-refractivity contribution in [1.82, 2.24) is 29.7 Å². The molecular formula is C27H30N8O4S. The van der Waals surface area contributed by atoms with Gasteiger partial charge < -0.3 is 20.9 Å². The molecule has 1 amide bonds. The molecule has 0 aliphatic carbocycles. The summed E-state index contributed by atoms with van der Waals surface area (Å²) in [6, 6.07) is 3.74. The molecule has 1 saturated heterocycles. The number of hydrogen-bond donors (Lipinski definition) is 3. The first-order valence-corrected chi connectivity index (χ1v) is 14.1. The zero-order valence-electron chi connectivity index (χ0n) is 22.5. The van der Waals surface area contributed by atoms with Gasteiger partial charge in [0.2, 0.25) is 5.91 Å². The predicted molar refractivity (Wildman–Crippen MR) is 149 cm³/mol. The summed E-state index contributed by atoms with van der Waals surface area (Å²) >= 11 is 1.28. The van der Waals surface area contributed by atoms with Gasteiger partial charge in [0.25, 0.3) is 0 Å². The lowest BCUT2D eigenvalue weighted by atomic mass is 9.85. The average molecular weight is 563 g/mol. The Labute approximate surface area is 234 Å². The number of carbonyl (C=O) groups is 2. The van der Waals surface area contributed by atoms with Crippen LogP contribution in [-0.2, 0) is 32.7 Å². The number of rotatable bonds is 7. The molecule has 6 heterocycles. The van der Waals surface area contributed by atoms with Crippen molar-refractivity contribution in [1.29, 1.82) is 0 Å². The predicted octanol–water partition coefficient (Wildman–Crippen LogP) is 3.41. The minimum atomic E-state index is -1.23. The zero-order chi connectivity index (χ0) is 28.2. The minimum Gasteiger partial charge on any atom is -0.481 e. The van der Waals surface area contributed by atoms with Crippen LogP contribution in [0.2, 0.25) is 0 Å². The summed E-state index contributed by atoms with van der Waals surface area (Å²) in [5.41, 5.74) is 6.55. The lowest BCUT2D eigenvalue weighted by Crippen LogP contribution is -2.33. The first-order valence-electron chi connectivity index (χ1n) is 13.2. The molecule has 4 aromatic heterocycles. The van der Waals surface area contributed by atoms with Gasteiger partial charge in [0.15, 0.2) is 11.5 Å². The van der Waals surface area contributed by atoms with Gasteiger partial charge in [-0.1, -0.05) is 0 Å². The quantitative estimate of drug-likeness (QED) is 0.303. The second-order valence-electron chi connectivity index (χ2n) is 11.1. The van der Waals surface area contributed by atoms with Crippen molar-refractivity contribution in [3.05, 3.63) is 40.0 Å². The Morgan fingerprint density at radius 2 is 2.15 bits per heavy atom. The number of carboxylic acid groups (broad SMARTS) is 1. The Bertz CT molecular complexity index is 1640. The van der Waals surface area contributed by atoms with E-state index < -0.39 is 16.8 Å². The van der Waals surface area contributed by atoms with E-state index in [4.69, 9.17) is 20.6 Å². The number of nitrogens with two attached hydrogens (primary N) is 1. The Morgan fingerprint density at radius 3 is 2.90 bits per heavy atom. The van der Waals surface area contributed by atoms with Crippen molar-refractivity contribution >= 4 is 45.9 Å². The van der Waals surface area contributed by atoms with E-state index in [1.165, 1.54) is 11.3 Å². The number of carboxylic acids is 1. The van der Waals surface area contributed by atoms with Crippen molar-refractivity contribution in [2.24, 2.45) is 5.41 Å². The smallest absolute Gasteiger partial charge is 0.309 e. The molecule has 2 aliphatic heterocycles. The molecular weight excluding hydrogens is 532 g/mol. The third kappa shape index (κ3) is 4.29. The molecule has 2 aliphatic rings. The number of nitrogens with one attached hydrogen (secondary N) is 1. The van der Waals surface area contributed by atoms with Crippen LogP contribution in [0.1, 0.15) is 56.3 Å². The van der Waals surface area contributed by atoms with Gasteiger partial charge in [0, 0.05) is 24.6 Å². The van der Waals surface area contributed by atoms with Crippen LogP contribution < -0.4 is 11.1 Å². The van der Waals surface area contributed by atoms with Gasteiger partial charge in [-0.3, -0.25) is 9.59 Å². The average Bonchev–Trinajstić information content (AvgIpc) is 3.60. The number of nitrogen functional groups attached to an aromatic ring is 1. The molecule has 208 valence electrons. The van der Waals surface area contributed by atoms with Gasteiger partial charge in [-0.25, -0.2) is 24.6 Å². The molecule has 0 radical (unpaired) electrons. The second-order valence-corrected chi connectivity index (χ2v) is 12.0. The number of amides is 1. The standard InChI is InChI=1S/C27H30N8O4S/c1-26(2,25(37)38)11-14-13-40-24(30-14)27(3)17-19(28)31-21(32-20(17)33-23(27)36)18-16-8-6-9-29-22(16)35(34-18)12-15-7-4-5-10-39-15/h6,8-9,13,15H,4-5,7,10-12H2,1-3H3,(H,37,38)(H3,28,31,32,33,36). The Balaban J connectivity index is 1.37. The molecule has 0 spiro atoms. The first kappa shape index (κ1) is 26.3. The van der Waals surface area contributed by atoms with Gasteiger partial charge >= 0.3 is 5.97 Å². The largest absolute Gasteiger partial charge is 0.481 e. The molecule has 4 N–H and O–H groups in total. The van der Waals surface area contributed by atoms with E-state index in [1.54, 1.807) is 32.3 Å². The molecule has 6 rings (SSSR count). The van der Waals surface area contributed by atoms with Crippen LogP contribution in [-0.4, -0.2) is 59.4 Å². The number of nitrogens with zero attached hydrogens (tertiary/aromatic N) is 6. The maximum Gasteiger partial charge on any atom is 0.309 e. The van der Waals surface area contributed by atoms with Crippen molar-refractivity contribution in [2.75, 3.05) is 17.7 Å². The number of anilines is 2. The molecule has 2 unspecified atom stereocenters. The number of pyridine rings is 1. The van der Waals surface area contributed by atoms with Crippen LogP contribution in [0.4, 0.5) is 11.6 Å². The Morgan fingerprint density at radius 1 is 1.32 bits per heavy atom. The van der Waals surface area contributed by atoms with Crippen LogP contribution in [0.25, 0.3) is 22.6 Å². The van der Waals surface area contributed by atoms with E-state index in [0.29, 0.717) is 40.0 Å². The summed E-state index contributed by atoms with van der Waals surface area (Å²) in [6.45, 7) is 6.32. The number of carbonyl (C=O) groups excluding carboxylic acids is 1. The highest BCUT2D eigenvalue weighted by molar-refractivity contribution is 7.10. The van der Waals surface area contributed by atoms with Gasteiger partial charge in [0.1, 0.15) is 27.8 Å². The molecule has 1 fully saturated rings. The molecule has 4 aromatic rings. The summed E-state index contributed by atoms with van der Waals surface area (Å²) < 4.78 is 7.75. The summed E-state index contributed by atoms with van der Waals surface area (Å²) in [4.78, 5) is 43.5. The molecule has 40 heavy (non-hydrogen) atoms. The summed E-state index contributed by atoms with van der Waals surface area (Å²) in [6.07, 6.45) is 5.14. The minimum absolute atomic E-state index is 0.0574. The molecule has 0 bridgehead atoms. The van der Waals surface area contributed by atoms with Crippen LogP contribution >= 0.6 is 11.3 Å². The normalized spacial score (nSPS) is 21.0. The summed E-state index contributed by atoms with van der Waals surface area (Å²) in [5, 5.41) is 20.2. The van der Waals surface area contributed by atoms with E-state index in [9.17, 15) is 14.7 Å². The SMILES string of the molecule is CC(C)(Cc1csc(C2(C)C(=O)Nc3nc(-c4nn(CC5CCCCO5)c5ncccc45)nc(N)c32)n1)C(=O)O. The van der Waals surface area contributed by atoms with E-state index in [2.05, 4.69) is 20.3 Å². The van der Waals surface area contributed by atoms with Crippen molar-refractivity contribution in [3.8, 4) is 11.5 Å². The molecule has 0 aromatic carbocycles. The fraction of sp³-hybridized carbons (Fsp3) is 0.444. The van der Waals surface area contributed by atoms with Crippen molar-refractivity contribution < 1.29 is 19.4 Å². The number of hydrogen-bond acceptors (Lipinski definition) is 10. The third-order valence-corrected chi connectivity index (χ3v) is 8.79. The highest BCUT2D eigenvalue weighted by Crippen LogP contribution is 2.46. The highest BCUT2D eigenvalue weighted by Gasteiger charge is 2.50. The maximum absolute atomic E-state index is 13.4. The highest BCUT2D eigenvalue weighted by atomic mass is 32.1. The van der Waals surface area contributed by atoms with E-state index in [0.717, 1.165) is 31.3 Å². The number of aliphatic carboxylic acids is 1. The van der Waals surface area contributed by atoms with Crippen molar-refractivity contribution in [3.63, 3.8) is 0 Å². The lowest BCUT2D eigenvalue weighted by Gasteiger charge is -2.22. The maximum atomic E-state index is 13.4. The molecule has 13 heteroatoms. The van der Waals surface area contributed by atoms with E-state index >= 15 is 0 Å². The van der Waals surface area contributed by atoms with E-state index in [-0.39, 0.29) is 30.1 Å². The summed E-state index contributed by atoms with van der Waals surface area (Å²) in [7, 11) is 0. The van der Waals surface area contributed by atoms with Crippen LogP contribution in [0, 0.1) is 5.41 Å². The molecule has 0 saturated carbocycles. The van der Waals surface area contributed by atoms with Crippen LogP contribution in [0.3, 0.4) is 0 Å². The Kier molecular flexibility index (Phi) is 6.30.